The molecular weight excluding hydrogens is 354 g/mol. The first-order valence-electron chi connectivity index (χ1n) is 9.99. The molecule has 2 aliphatic rings. The van der Waals surface area contributed by atoms with E-state index < -0.39 is 0 Å². The third kappa shape index (κ3) is 3.32. The standard InChI is InChI=1S/C21H23N5O2/c27-20-7-6-17(16-4-5-16)23-26(20)14-15-8-11-24(12-9-15)19-13-21(28)25-10-2-1-3-18(25)22-19/h1-3,6-7,10,13,15-16H,4-5,8-9,11-12,14H2. The molecule has 5 rings (SSSR count). The fourth-order valence-corrected chi connectivity index (χ4v) is 3.98. The zero-order chi connectivity index (χ0) is 19.1. The summed E-state index contributed by atoms with van der Waals surface area (Å²) < 4.78 is 3.20. The summed E-state index contributed by atoms with van der Waals surface area (Å²) in [6.07, 6.45) is 6.01. The predicted molar refractivity (Wildman–Crippen MR) is 107 cm³/mol. The van der Waals surface area contributed by atoms with E-state index in [1.165, 1.54) is 12.8 Å². The summed E-state index contributed by atoms with van der Waals surface area (Å²) >= 11 is 0. The zero-order valence-corrected chi connectivity index (χ0v) is 15.7. The van der Waals surface area contributed by atoms with Gasteiger partial charge in [0.2, 0.25) is 0 Å². The van der Waals surface area contributed by atoms with Crippen molar-refractivity contribution in [3.63, 3.8) is 0 Å². The van der Waals surface area contributed by atoms with Crippen LogP contribution in [0.2, 0.25) is 0 Å². The number of rotatable bonds is 4. The Morgan fingerprint density at radius 3 is 2.57 bits per heavy atom. The number of nitrogens with zero attached hydrogens (tertiary/aromatic N) is 5. The van der Waals surface area contributed by atoms with Gasteiger partial charge in [0.1, 0.15) is 11.5 Å². The molecule has 0 N–H and O–H groups in total. The van der Waals surface area contributed by atoms with Crippen molar-refractivity contribution in [2.75, 3.05) is 18.0 Å². The largest absolute Gasteiger partial charge is 0.356 e. The molecule has 7 heteroatoms. The maximum absolute atomic E-state index is 12.3. The molecule has 0 aromatic carbocycles. The fraction of sp³-hybridized carbons (Fsp3) is 0.429. The van der Waals surface area contributed by atoms with Crippen LogP contribution in [0.3, 0.4) is 0 Å². The minimum atomic E-state index is -0.0598. The van der Waals surface area contributed by atoms with Gasteiger partial charge in [-0.05, 0) is 49.8 Å². The predicted octanol–water partition coefficient (Wildman–Crippen LogP) is 2.05. The minimum absolute atomic E-state index is 0.0175. The van der Waals surface area contributed by atoms with Gasteiger partial charge < -0.3 is 4.90 Å². The van der Waals surface area contributed by atoms with Crippen LogP contribution in [0.4, 0.5) is 5.82 Å². The Balaban J connectivity index is 1.29. The molecule has 0 spiro atoms. The van der Waals surface area contributed by atoms with Crippen LogP contribution in [0.25, 0.3) is 5.65 Å². The number of hydrogen-bond acceptors (Lipinski definition) is 5. The molecule has 0 atom stereocenters. The molecule has 1 aliphatic carbocycles. The van der Waals surface area contributed by atoms with E-state index in [2.05, 4.69) is 15.0 Å². The summed E-state index contributed by atoms with van der Waals surface area (Å²) in [5.41, 5.74) is 1.64. The quantitative estimate of drug-likeness (QED) is 0.696. The summed E-state index contributed by atoms with van der Waals surface area (Å²) in [6, 6.07) is 10.7. The third-order valence-corrected chi connectivity index (χ3v) is 5.81. The van der Waals surface area contributed by atoms with Gasteiger partial charge in [0.25, 0.3) is 11.1 Å². The number of fused-ring (bicyclic) bond motifs is 1. The number of hydrogen-bond donors (Lipinski definition) is 0. The summed E-state index contributed by atoms with van der Waals surface area (Å²) in [6.45, 7) is 2.33. The molecule has 0 radical (unpaired) electrons. The normalized spacial score (nSPS) is 17.9. The van der Waals surface area contributed by atoms with E-state index in [-0.39, 0.29) is 11.1 Å². The summed E-state index contributed by atoms with van der Waals surface area (Å²) in [4.78, 5) is 31.3. The van der Waals surface area contributed by atoms with E-state index in [9.17, 15) is 9.59 Å². The second-order valence-corrected chi connectivity index (χ2v) is 7.86. The molecule has 3 aromatic rings. The first-order valence-corrected chi connectivity index (χ1v) is 9.99. The van der Waals surface area contributed by atoms with Crippen LogP contribution in [-0.2, 0) is 6.54 Å². The average molecular weight is 377 g/mol. The lowest BCUT2D eigenvalue weighted by atomic mass is 9.97. The molecule has 144 valence electrons. The van der Waals surface area contributed by atoms with Crippen LogP contribution in [-0.4, -0.2) is 32.3 Å². The van der Waals surface area contributed by atoms with Gasteiger partial charge in [0.05, 0.1) is 5.69 Å². The van der Waals surface area contributed by atoms with Crippen molar-refractivity contribution in [3.8, 4) is 0 Å². The van der Waals surface area contributed by atoms with Crippen molar-refractivity contribution >= 4 is 11.5 Å². The summed E-state index contributed by atoms with van der Waals surface area (Å²) in [5, 5.41) is 4.59. The molecule has 0 bridgehead atoms. The van der Waals surface area contributed by atoms with Crippen molar-refractivity contribution in [1.82, 2.24) is 19.2 Å². The van der Waals surface area contributed by atoms with Crippen LogP contribution in [0, 0.1) is 5.92 Å². The highest BCUT2D eigenvalue weighted by molar-refractivity contribution is 5.48. The second-order valence-electron chi connectivity index (χ2n) is 7.86. The monoisotopic (exact) mass is 377 g/mol. The van der Waals surface area contributed by atoms with Crippen LogP contribution < -0.4 is 16.0 Å². The number of aromatic nitrogens is 4. The zero-order valence-electron chi connectivity index (χ0n) is 15.7. The van der Waals surface area contributed by atoms with E-state index >= 15 is 0 Å². The van der Waals surface area contributed by atoms with E-state index in [0.29, 0.717) is 24.0 Å². The van der Waals surface area contributed by atoms with Gasteiger partial charge in [0, 0.05) is 43.9 Å². The van der Waals surface area contributed by atoms with Gasteiger partial charge in [-0.2, -0.15) is 5.10 Å². The Morgan fingerprint density at radius 1 is 0.964 bits per heavy atom. The van der Waals surface area contributed by atoms with E-state index in [4.69, 9.17) is 0 Å². The topological polar surface area (TPSA) is 72.5 Å². The second kappa shape index (κ2) is 6.89. The molecule has 4 heterocycles. The maximum atomic E-state index is 12.3. The number of piperidine rings is 1. The molecule has 1 saturated heterocycles. The van der Waals surface area contributed by atoms with Crippen LogP contribution in [0.1, 0.15) is 37.3 Å². The Morgan fingerprint density at radius 2 is 1.79 bits per heavy atom. The first-order chi connectivity index (χ1) is 13.7. The van der Waals surface area contributed by atoms with Crippen molar-refractivity contribution < 1.29 is 0 Å². The highest BCUT2D eigenvalue weighted by atomic mass is 16.1. The molecule has 28 heavy (non-hydrogen) atoms. The van der Waals surface area contributed by atoms with E-state index in [1.54, 1.807) is 27.4 Å². The van der Waals surface area contributed by atoms with Gasteiger partial charge in [-0.1, -0.05) is 6.07 Å². The highest BCUT2D eigenvalue weighted by Crippen LogP contribution is 2.38. The van der Waals surface area contributed by atoms with E-state index in [0.717, 1.165) is 37.4 Å². The average Bonchev–Trinajstić information content (AvgIpc) is 3.56. The lowest BCUT2D eigenvalue weighted by molar-refractivity contribution is 0.333. The van der Waals surface area contributed by atoms with Gasteiger partial charge in [0.15, 0.2) is 0 Å². The maximum Gasteiger partial charge on any atom is 0.266 e. The Kier molecular flexibility index (Phi) is 4.22. The molecule has 3 aromatic heterocycles. The van der Waals surface area contributed by atoms with Crippen molar-refractivity contribution in [3.05, 3.63) is 69.0 Å². The lowest BCUT2D eigenvalue weighted by Crippen LogP contribution is -2.38. The molecular formula is C21H23N5O2. The van der Waals surface area contributed by atoms with Crippen molar-refractivity contribution in [1.29, 1.82) is 0 Å². The Hall–Kier alpha value is -2.96. The Labute approximate surface area is 162 Å². The smallest absolute Gasteiger partial charge is 0.266 e. The van der Waals surface area contributed by atoms with Gasteiger partial charge in [-0.15, -0.1) is 0 Å². The Bertz CT molecular complexity index is 1120. The van der Waals surface area contributed by atoms with Gasteiger partial charge in [-0.25, -0.2) is 9.67 Å². The summed E-state index contributed by atoms with van der Waals surface area (Å²) in [7, 11) is 0. The lowest BCUT2D eigenvalue weighted by Gasteiger charge is -2.32. The third-order valence-electron chi connectivity index (χ3n) is 5.81. The van der Waals surface area contributed by atoms with Crippen molar-refractivity contribution in [2.24, 2.45) is 5.92 Å². The molecule has 7 nitrogen and oxygen atoms in total. The fourth-order valence-electron chi connectivity index (χ4n) is 3.98. The van der Waals surface area contributed by atoms with Crippen LogP contribution in [0.5, 0.6) is 0 Å². The number of anilines is 1. The summed E-state index contributed by atoms with van der Waals surface area (Å²) in [5.74, 6) is 1.70. The first kappa shape index (κ1) is 17.2. The van der Waals surface area contributed by atoms with Crippen molar-refractivity contribution in [2.45, 2.75) is 38.1 Å². The highest BCUT2D eigenvalue weighted by Gasteiger charge is 2.26. The van der Waals surface area contributed by atoms with Gasteiger partial charge >= 0.3 is 0 Å². The molecule has 0 amide bonds. The van der Waals surface area contributed by atoms with Crippen LogP contribution >= 0.6 is 0 Å². The molecule has 1 saturated carbocycles. The van der Waals surface area contributed by atoms with Crippen LogP contribution in [0.15, 0.2) is 52.2 Å². The van der Waals surface area contributed by atoms with E-state index in [1.807, 2.05) is 24.3 Å². The SMILES string of the molecule is O=c1ccc(C2CC2)nn1CC1CCN(c2cc(=O)n3ccccc3n2)CC1. The molecule has 0 unspecified atom stereocenters. The minimum Gasteiger partial charge on any atom is -0.356 e. The molecule has 2 fully saturated rings. The molecule has 1 aliphatic heterocycles. The number of pyridine rings is 1. The van der Waals surface area contributed by atoms with Gasteiger partial charge in [-0.3, -0.25) is 14.0 Å².